The third-order valence-electron chi connectivity index (χ3n) is 3.51. The first-order valence-corrected chi connectivity index (χ1v) is 8.03. The standard InChI is InChI=1S/C19H25N3O2.HI/c1-4-20-19(21-13-15-8-6-5-7-9-15)22-14-16-10-11-17(23-2)18(12-16)24-3;/h5-12H,4,13-14H2,1-3H3,(H2,20,21,22);1H. The van der Waals surface area contributed by atoms with Crippen molar-refractivity contribution in [3.63, 3.8) is 0 Å². The summed E-state index contributed by atoms with van der Waals surface area (Å²) in [5.41, 5.74) is 2.28. The summed E-state index contributed by atoms with van der Waals surface area (Å²) in [5, 5.41) is 6.60. The number of methoxy groups -OCH3 is 2. The molecule has 6 heteroatoms. The van der Waals surface area contributed by atoms with Gasteiger partial charge in [0.1, 0.15) is 0 Å². The van der Waals surface area contributed by atoms with Gasteiger partial charge in [-0.2, -0.15) is 0 Å². The van der Waals surface area contributed by atoms with E-state index in [1.807, 2.05) is 36.4 Å². The summed E-state index contributed by atoms with van der Waals surface area (Å²) in [6.45, 7) is 4.16. The largest absolute Gasteiger partial charge is 0.493 e. The van der Waals surface area contributed by atoms with Crippen LogP contribution in [0.1, 0.15) is 18.1 Å². The number of hydrogen-bond acceptors (Lipinski definition) is 3. The van der Waals surface area contributed by atoms with Crippen molar-refractivity contribution in [2.45, 2.75) is 20.0 Å². The number of rotatable bonds is 7. The van der Waals surface area contributed by atoms with Gasteiger partial charge >= 0.3 is 0 Å². The predicted octanol–water partition coefficient (Wildman–Crippen LogP) is 3.58. The Balaban J connectivity index is 0.00000312. The number of benzene rings is 2. The van der Waals surface area contributed by atoms with Crippen LogP contribution >= 0.6 is 24.0 Å². The van der Waals surface area contributed by atoms with Gasteiger partial charge in [0.05, 0.1) is 20.8 Å². The van der Waals surface area contributed by atoms with E-state index in [1.54, 1.807) is 14.2 Å². The lowest BCUT2D eigenvalue weighted by atomic mass is 10.2. The van der Waals surface area contributed by atoms with E-state index in [-0.39, 0.29) is 24.0 Å². The number of hydrogen-bond donors (Lipinski definition) is 2. The number of ether oxygens (including phenoxy) is 2. The molecule has 0 aliphatic carbocycles. The van der Waals surface area contributed by atoms with Crippen LogP contribution in [0.4, 0.5) is 0 Å². The van der Waals surface area contributed by atoms with Crippen LogP contribution < -0.4 is 20.1 Å². The summed E-state index contributed by atoms with van der Waals surface area (Å²) in [7, 11) is 3.27. The van der Waals surface area contributed by atoms with Crippen molar-refractivity contribution in [3.8, 4) is 11.5 Å². The number of nitrogens with one attached hydrogen (secondary N) is 2. The highest BCUT2D eigenvalue weighted by molar-refractivity contribution is 14.0. The van der Waals surface area contributed by atoms with Crippen molar-refractivity contribution in [2.75, 3.05) is 20.8 Å². The number of nitrogens with zero attached hydrogens (tertiary/aromatic N) is 1. The molecule has 0 saturated carbocycles. The van der Waals surface area contributed by atoms with Gasteiger partial charge in [0, 0.05) is 13.1 Å². The number of aliphatic imine (C=N–C) groups is 1. The van der Waals surface area contributed by atoms with Gasteiger partial charge in [-0.05, 0) is 30.2 Å². The summed E-state index contributed by atoms with van der Waals surface area (Å²) in [6.07, 6.45) is 0. The Morgan fingerprint density at radius 3 is 2.28 bits per heavy atom. The second kappa shape index (κ2) is 11.6. The maximum Gasteiger partial charge on any atom is 0.191 e. The zero-order valence-corrected chi connectivity index (χ0v) is 17.2. The van der Waals surface area contributed by atoms with Gasteiger partial charge < -0.3 is 20.1 Å². The fourth-order valence-corrected chi connectivity index (χ4v) is 2.27. The van der Waals surface area contributed by atoms with E-state index >= 15 is 0 Å². The second-order valence-electron chi connectivity index (χ2n) is 5.22. The van der Waals surface area contributed by atoms with Crippen molar-refractivity contribution in [3.05, 3.63) is 59.7 Å². The molecule has 0 atom stereocenters. The van der Waals surface area contributed by atoms with Crippen molar-refractivity contribution in [1.29, 1.82) is 0 Å². The summed E-state index contributed by atoms with van der Waals surface area (Å²) in [5.74, 6) is 2.22. The maximum absolute atomic E-state index is 5.33. The normalized spacial score (nSPS) is 10.6. The molecule has 25 heavy (non-hydrogen) atoms. The minimum absolute atomic E-state index is 0. The van der Waals surface area contributed by atoms with Gasteiger partial charge in [0.25, 0.3) is 0 Å². The lowest BCUT2D eigenvalue weighted by molar-refractivity contribution is 0.354. The molecule has 0 fully saturated rings. The van der Waals surface area contributed by atoms with Crippen LogP contribution in [-0.2, 0) is 13.1 Å². The molecule has 0 saturated heterocycles. The molecule has 0 bridgehead atoms. The van der Waals surface area contributed by atoms with Gasteiger partial charge in [-0.3, -0.25) is 0 Å². The van der Waals surface area contributed by atoms with E-state index < -0.39 is 0 Å². The third kappa shape index (κ3) is 6.81. The molecule has 2 aromatic carbocycles. The zero-order chi connectivity index (χ0) is 17.2. The van der Waals surface area contributed by atoms with E-state index in [0.717, 1.165) is 30.4 Å². The Bertz CT molecular complexity index is 663. The Kier molecular flexibility index (Phi) is 9.76. The Labute approximate surface area is 166 Å². The number of guanidine groups is 1. The smallest absolute Gasteiger partial charge is 0.191 e. The molecular weight excluding hydrogens is 429 g/mol. The van der Waals surface area contributed by atoms with Crippen molar-refractivity contribution in [2.24, 2.45) is 4.99 Å². The fraction of sp³-hybridized carbons (Fsp3) is 0.316. The Morgan fingerprint density at radius 1 is 0.920 bits per heavy atom. The van der Waals surface area contributed by atoms with Crippen molar-refractivity contribution in [1.82, 2.24) is 10.6 Å². The zero-order valence-electron chi connectivity index (χ0n) is 14.9. The molecule has 2 rings (SSSR count). The Hall–Kier alpha value is -1.96. The highest BCUT2D eigenvalue weighted by Gasteiger charge is 2.04. The third-order valence-corrected chi connectivity index (χ3v) is 3.51. The molecule has 0 unspecified atom stereocenters. The lowest BCUT2D eigenvalue weighted by Gasteiger charge is -2.12. The van der Waals surface area contributed by atoms with Crippen LogP contribution in [0, 0.1) is 0 Å². The maximum atomic E-state index is 5.33. The van der Waals surface area contributed by atoms with Crippen LogP contribution in [0.15, 0.2) is 53.5 Å². The summed E-state index contributed by atoms with van der Waals surface area (Å²) >= 11 is 0. The van der Waals surface area contributed by atoms with Gasteiger partial charge in [-0.25, -0.2) is 4.99 Å². The van der Waals surface area contributed by atoms with Crippen LogP contribution in [0.25, 0.3) is 0 Å². The van der Waals surface area contributed by atoms with Crippen LogP contribution in [-0.4, -0.2) is 26.7 Å². The fourth-order valence-electron chi connectivity index (χ4n) is 2.27. The van der Waals surface area contributed by atoms with E-state index in [0.29, 0.717) is 12.3 Å². The quantitative estimate of drug-likeness (QED) is 0.381. The number of halogens is 1. The first-order chi connectivity index (χ1) is 11.8. The molecule has 0 aromatic heterocycles. The molecule has 2 aromatic rings. The molecule has 5 nitrogen and oxygen atoms in total. The highest BCUT2D eigenvalue weighted by Crippen LogP contribution is 2.27. The molecule has 0 radical (unpaired) electrons. The topological polar surface area (TPSA) is 54.9 Å². The van der Waals surface area contributed by atoms with Crippen LogP contribution in [0.3, 0.4) is 0 Å². The Morgan fingerprint density at radius 2 is 1.64 bits per heavy atom. The lowest BCUT2D eigenvalue weighted by Crippen LogP contribution is -2.36. The predicted molar refractivity (Wildman–Crippen MR) is 113 cm³/mol. The van der Waals surface area contributed by atoms with E-state index in [1.165, 1.54) is 5.56 Å². The minimum atomic E-state index is 0. The molecule has 136 valence electrons. The molecule has 0 aliphatic rings. The molecule has 0 heterocycles. The molecule has 0 spiro atoms. The second-order valence-corrected chi connectivity index (χ2v) is 5.22. The van der Waals surface area contributed by atoms with E-state index in [9.17, 15) is 0 Å². The van der Waals surface area contributed by atoms with Gasteiger partial charge in [0.2, 0.25) is 0 Å². The molecule has 0 aliphatic heterocycles. The molecule has 2 N–H and O–H groups in total. The monoisotopic (exact) mass is 455 g/mol. The van der Waals surface area contributed by atoms with Crippen LogP contribution in [0.5, 0.6) is 11.5 Å². The van der Waals surface area contributed by atoms with E-state index in [4.69, 9.17) is 9.47 Å². The molecular formula is C19H26IN3O2. The van der Waals surface area contributed by atoms with Crippen molar-refractivity contribution >= 4 is 29.9 Å². The minimum Gasteiger partial charge on any atom is -0.493 e. The SMILES string of the molecule is CCNC(=NCc1ccc(OC)c(OC)c1)NCc1ccccc1.I. The summed E-state index contributed by atoms with van der Waals surface area (Å²) < 4.78 is 10.6. The summed E-state index contributed by atoms with van der Waals surface area (Å²) in [6, 6.07) is 16.1. The summed E-state index contributed by atoms with van der Waals surface area (Å²) in [4.78, 5) is 4.63. The van der Waals surface area contributed by atoms with Gasteiger partial charge in [-0.1, -0.05) is 36.4 Å². The van der Waals surface area contributed by atoms with E-state index in [2.05, 4.69) is 34.7 Å². The van der Waals surface area contributed by atoms with Crippen LogP contribution in [0.2, 0.25) is 0 Å². The van der Waals surface area contributed by atoms with Gasteiger partial charge in [0.15, 0.2) is 17.5 Å². The average Bonchev–Trinajstić information content (AvgIpc) is 2.64. The highest BCUT2D eigenvalue weighted by atomic mass is 127. The van der Waals surface area contributed by atoms with Gasteiger partial charge in [-0.15, -0.1) is 24.0 Å². The first-order valence-electron chi connectivity index (χ1n) is 8.03. The first kappa shape index (κ1) is 21.1. The average molecular weight is 455 g/mol. The molecule has 0 amide bonds. The van der Waals surface area contributed by atoms with Crippen molar-refractivity contribution < 1.29 is 9.47 Å².